The number of rotatable bonds is 5. The van der Waals surface area contributed by atoms with Crippen LogP contribution < -0.4 is 11.1 Å². The fourth-order valence-electron chi connectivity index (χ4n) is 2.12. The summed E-state index contributed by atoms with van der Waals surface area (Å²) in [6.45, 7) is 5.07. The van der Waals surface area contributed by atoms with Crippen LogP contribution in [0.25, 0.3) is 10.6 Å². The van der Waals surface area contributed by atoms with Crippen LogP contribution in [0.4, 0.5) is 5.13 Å². The van der Waals surface area contributed by atoms with Gasteiger partial charge >= 0.3 is 0 Å². The summed E-state index contributed by atoms with van der Waals surface area (Å²) in [6.07, 6.45) is 9.29. The molecule has 2 aromatic heterocycles. The molecule has 24 heavy (non-hydrogen) atoms. The first-order chi connectivity index (χ1) is 11.6. The van der Waals surface area contributed by atoms with E-state index >= 15 is 0 Å². The second-order valence-corrected chi connectivity index (χ2v) is 7.48. The summed E-state index contributed by atoms with van der Waals surface area (Å²) in [6, 6.07) is 3.91. The van der Waals surface area contributed by atoms with Crippen LogP contribution in [-0.4, -0.2) is 17.4 Å². The van der Waals surface area contributed by atoms with Crippen LogP contribution in [0.5, 0.6) is 0 Å². The molecule has 6 heteroatoms. The fraction of sp³-hybridized carbons (Fsp3) is 0.333. The van der Waals surface area contributed by atoms with Gasteiger partial charge in [-0.3, -0.25) is 4.79 Å². The van der Waals surface area contributed by atoms with Gasteiger partial charge in [0.05, 0.1) is 17.0 Å². The summed E-state index contributed by atoms with van der Waals surface area (Å²) < 4.78 is 0. The van der Waals surface area contributed by atoms with E-state index in [1.807, 2.05) is 24.4 Å². The van der Waals surface area contributed by atoms with Crippen LogP contribution in [0.3, 0.4) is 0 Å². The van der Waals surface area contributed by atoms with E-state index in [1.54, 1.807) is 22.7 Å². The summed E-state index contributed by atoms with van der Waals surface area (Å²) in [5.74, 6) is -0.301. The molecule has 2 aromatic rings. The number of nitrogens with zero attached hydrogens (tertiary/aromatic N) is 1. The Bertz CT molecular complexity index is 728. The van der Waals surface area contributed by atoms with E-state index in [1.165, 1.54) is 18.4 Å². The lowest BCUT2D eigenvalue weighted by Crippen LogP contribution is -2.12. The zero-order valence-corrected chi connectivity index (χ0v) is 15.7. The van der Waals surface area contributed by atoms with Gasteiger partial charge in [-0.1, -0.05) is 23.8 Å². The normalized spacial score (nSPS) is 13.0. The topological polar surface area (TPSA) is 68.0 Å². The number of hydrogen-bond donors (Lipinski definition) is 2. The Kier molecular flexibility index (Phi) is 7.21. The highest BCUT2D eigenvalue weighted by atomic mass is 32.1. The molecule has 0 aromatic carbocycles. The molecule has 0 atom stereocenters. The first kappa shape index (κ1) is 18.4. The number of thiazole rings is 1. The number of anilines is 1. The summed E-state index contributed by atoms with van der Waals surface area (Å²) in [4.78, 5) is 17.3. The van der Waals surface area contributed by atoms with Gasteiger partial charge in [0, 0.05) is 16.8 Å². The van der Waals surface area contributed by atoms with E-state index in [-0.39, 0.29) is 5.91 Å². The average Bonchev–Trinajstić information content (AvgIpc) is 3.18. The van der Waals surface area contributed by atoms with Crippen molar-refractivity contribution < 1.29 is 4.79 Å². The Balaban J connectivity index is 0.000000249. The minimum atomic E-state index is -0.301. The molecule has 0 radical (unpaired) electrons. The summed E-state index contributed by atoms with van der Waals surface area (Å²) in [7, 11) is 0. The molecule has 0 bridgehead atoms. The molecule has 0 spiro atoms. The summed E-state index contributed by atoms with van der Waals surface area (Å²) in [5, 5.41) is 6.11. The predicted octanol–water partition coefficient (Wildman–Crippen LogP) is 4.61. The molecule has 0 unspecified atom stereocenters. The third kappa shape index (κ3) is 5.94. The standard InChI is InChI=1S/C11H13N3OS2.C7H10/c1-2-13-11-14-8(6-16-11)9-4-3-7(17-9)5-10(12)15;1-7-5-3-2-4-6-7/h3-4,6H,2,5H2,1H3,(H2,12,15)(H,13,14);2-3,5H,4,6H2,1H3. The number of nitrogens with two attached hydrogens (primary N) is 1. The van der Waals surface area contributed by atoms with Gasteiger partial charge in [-0.2, -0.15) is 0 Å². The van der Waals surface area contributed by atoms with Crippen LogP contribution in [-0.2, 0) is 11.2 Å². The molecule has 0 saturated carbocycles. The minimum Gasteiger partial charge on any atom is -0.369 e. The molecule has 3 N–H and O–H groups in total. The maximum atomic E-state index is 10.8. The molecule has 3 rings (SSSR count). The average molecular weight is 362 g/mol. The van der Waals surface area contributed by atoms with Crippen molar-refractivity contribution >= 4 is 33.7 Å². The number of amides is 1. The molecule has 128 valence electrons. The Hall–Kier alpha value is -1.92. The second-order valence-electron chi connectivity index (χ2n) is 5.46. The molecule has 1 amide bonds. The molecule has 1 aliphatic rings. The highest BCUT2D eigenvalue weighted by Gasteiger charge is 2.08. The zero-order valence-electron chi connectivity index (χ0n) is 14.0. The molecule has 0 aliphatic heterocycles. The van der Waals surface area contributed by atoms with Gasteiger partial charge in [0.15, 0.2) is 5.13 Å². The van der Waals surface area contributed by atoms with Gasteiger partial charge in [0.25, 0.3) is 0 Å². The summed E-state index contributed by atoms with van der Waals surface area (Å²) in [5.41, 5.74) is 7.61. The Labute approximate surface area is 151 Å². The van der Waals surface area contributed by atoms with Gasteiger partial charge < -0.3 is 11.1 Å². The number of thiophene rings is 1. The van der Waals surface area contributed by atoms with Gasteiger partial charge in [-0.15, -0.1) is 22.7 Å². The number of carbonyl (C=O) groups is 1. The lowest BCUT2D eigenvalue weighted by Gasteiger charge is -1.98. The third-order valence-electron chi connectivity index (χ3n) is 3.32. The maximum absolute atomic E-state index is 10.8. The van der Waals surface area contributed by atoms with Crippen molar-refractivity contribution in [2.45, 2.75) is 33.1 Å². The van der Waals surface area contributed by atoms with Crippen molar-refractivity contribution in [3.05, 3.63) is 46.2 Å². The minimum absolute atomic E-state index is 0.300. The molecule has 2 heterocycles. The van der Waals surface area contributed by atoms with Crippen molar-refractivity contribution in [3.8, 4) is 10.6 Å². The van der Waals surface area contributed by atoms with E-state index in [0.717, 1.165) is 27.1 Å². The second kappa shape index (κ2) is 9.39. The van der Waals surface area contributed by atoms with Crippen LogP contribution in [0.2, 0.25) is 0 Å². The SMILES string of the molecule is CC1=CC=CCC1.CCNc1nc(-c2ccc(CC(N)=O)s2)cs1. The molecular weight excluding hydrogens is 338 g/mol. The number of carbonyl (C=O) groups excluding carboxylic acids is 1. The fourth-order valence-corrected chi connectivity index (χ4v) is 3.96. The first-order valence-electron chi connectivity index (χ1n) is 7.97. The largest absolute Gasteiger partial charge is 0.369 e. The number of nitrogens with one attached hydrogen (secondary N) is 1. The number of aromatic nitrogens is 1. The molecule has 0 fully saturated rings. The van der Waals surface area contributed by atoms with E-state index < -0.39 is 0 Å². The highest BCUT2D eigenvalue weighted by Crippen LogP contribution is 2.30. The molecule has 4 nitrogen and oxygen atoms in total. The van der Waals surface area contributed by atoms with Crippen LogP contribution in [0, 0.1) is 0 Å². The first-order valence-corrected chi connectivity index (χ1v) is 9.67. The van der Waals surface area contributed by atoms with E-state index in [0.29, 0.717) is 6.42 Å². The van der Waals surface area contributed by atoms with Crippen LogP contribution in [0.1, 0.15) is 31.6 Å². The van der Waals surface area contributed by atoms with Crippen molar-refractivity contribution in [1.29, 1.82) is 0 Å². The van der Waals surface area contributed by atoms with Gasteiger partial charge in [-0.25, -0.2) is 4.98 Å². The number of primary amides is 1. The van der Waals surface area contributed by atoms with Crippen molar-refractivity contribution in [2.24, 2.45) is 5.73 Å². The quantitative estimate of drug-likeness (QED) is 0.817. The molecule has 0 saturated heterocycles. The van der Waals surface area contributed by atoms with Crippen LogP contribution in [0.15, 0.2) is 41.3 Å². The third-order valence-corrected chi connectivity index (χ3v) is 5.22. The lowest BCUT2D eigenvalue weighted by atomic mass is 10.1. The number of hydrogen-bond acceptors (Lipinski definition) is 5. The number of allylic oxidation sites excluding steroid dienone is 4. The van der Waals surface area contributed by atoms with Gasteiger partial charge in [-0.05, 0) is 38.8 Å². The van der Waals surface area contributed by atoms with Crippen molar-refractivity contribution in [3.63, 3.8) is 0 Å². The lowest BCUT2D eigenvalue weighted by molar-refractivity contribution is -0.117. The Morgan fingerprint density at radius 1 is 1.42 bits per heavy atom. The monoisotopic (exact) mass is 361 g/mol. The van der Waals surface area contributed by atoms with Crippen molar-refractivity contribution in [2.75, 3.05) is 11.9 Å². The zero-order chi connectivity index (χ0) is 17.4. The molecule has 1 aliphatic carbocycles. The van der Waals surface area contributed by atoms with Crippen molar-refractivity contribution in [1.82, 2.24) is 4.98 Å². The Morgan fingerprint density at radius 3 is 2.83 bits per heavy atom. The van der Waals surface area contributed by atoms with Crippen LogP contribution >= 0.6 is 22.7 Å². The Morgan fingerprint density at radius 2 is 2.25 bits per heavy atom. The van der Waals surface area contributed by atoms with E-state index in [4.69, 9.17) is 5.73 Å². The van der Waals surface area contributed by atoms with Gasteiger partial charge in [0.2, 0.25) is 5.91 Å². The maximum Gasteiger partial charge on any atom is 0.222 e. The van der Waals surface area contributed by atoms with E-state index in [9.17, 15) is 4.79 Å². The van der Waals surface area contributed by atoms with E-state index in [2.05, 4.69) is 35.5 Å². The smallest absolute Gasteiger partial charge is 0.222 e. The predicted molar refractivity (Wildman–Crippen MR) is 105 cm³/mol. The molecular formula is C18H23N3OS2. The van der Waals surface area contributed by atoms with Gasteiger partial charge in [0.1, 0.15) is 0 Å². The highest BCUT2D eigenvalue weighted by molar-refractivity contribution is 7.17. The summed E-state index contributed by atoms with van der Waals surface area (Å²) >= 11 is 3.15.